The molecular formula is C22H38O5. The normalized spacial score (nSPS) is 27.0. The van der Waals surface area contributed by atoms with Crippen molar-refractivity contribution >= 4 is 5.97 Å². The second kappa shape index (κ2) is 13.9. The fourth-order valence-electron chi connectivity index (χ4n) is 3.81. The number of rotatable bonds is 14. The number of hydrogen-bond acceptors (Lipinski definition) is 4. The number of allylic oxidation sites excluding steroid dienone is 1. The van der Waals surface area contributed by atoms with Crippen LogP contribution in [-0.4, -0.2) is 44.7 Å². The van der Waals surface area contributed by atoms with E-state index >= 15 is 0 Å². The summed E-state index contributed by atoms with van der Waals surface area (Å²) in [6, 6.07) is 0. The monoisotopic (exact) mass is 382 g/mol. The molecule has 0 unspecified atom stereocenters. The molecule has 0 radical (unpaired) electrons. The van der Waals surface area contributed by atoms with Crippen LogP contribution in [-0.2, 0) is 4.79 Å². The van der Waals surface area contributed by atoms with Gasteiger partial charge in [-0.2, -0.15) is 0 Å². The second-order valence-corrected chi connectivity index (χ2v) is 7.76. The predicted molar refractivity (Wildman–Crippen MR) is 107 cm³/mol. The van der Waals surface area contributed by atoms with Crippen LogP contribution in [0.25, 0.3) is 0 Å². The summed E-state index contributed by atoms with van der Waals surface area (Å²) in [7, 11) is 0. The Bertz CT molecular complexity index is 460. The molecule has 4 N–H and O–H groups in total. The molecule has 0 saturated heterocycles. The van der Waals surface area contributed by atoms with E-state index in [1.54, 1.807) is 6.08 Å². The Hall–Kier alpha value is -1.17. The Kier molecular flexibility index (Phi) is 12.3. The zero-order valence-corrected chi connectivity index (χ0v) is 16.7. The van der Waals surface area contributed by atoms with Crippen LogP contribution in [0.1, 0.15) is 77.6 Å². The lowest BCUT2D eigenvalue weighted by Gasteiger charge is -2.21. The SMILES string of the molecule is CCCCC/C=C\C[C@@H](O)/C=C/[C@@H]1[C@@H](CCCCCC(=O)O)[C@H](O)C[C@@H]1O. The lowest BCUT2D eigenvalue weighted by Crippen LogP contribution is -2.21. The second-order valence-electron chi connectivity index (χ2n) is 7.76. The quantitative estimate of drug-likeness (QED) is 0.270. The van der Waals surface area contributed by atoms with Crippen LogP contribution in [0.5, 0.6) is 0 Å². The first-order chi connectivity index (χ1) is 13.0. The molecule has 0 aromatic heterocycles. The van der Waals surface area contributed by atoms with Crippen LogP contribution in [0.4, 0.5) is 0 Å². The van der Waals surface area contributed by atoms with Crippen molar-refractivity contribution in [3.05, 3.63) is 24.3 Å². The maximum Gasteiger partial charge on any atom is 0.303 e. The number of aliphatic hydroxyl groups excluding tert-OH is 3. The van der Waals surface area contributed by atoms with Crippen molar-refractivity contribution in [3.8, 4) is 0 Å². The molecule has 1 fully saturated rings. The van der Waals surface area contributed by atoms with E-state index in [0.717, 1.165) is 25.7 Å². The Balaban J connectivity index is 2.39. The van der Waals surface area contributed by atoms with Gasteiger partial charge in [-0.15, -0.1) is 0 Å². The molecule has 5 heteroatoms. The molecule has 0 aromatic carbocycles. The summed E-state index contributed by atoms with van der Waals surface area (Å²) in [5, 5.41) is 39.2. The number of carboxylic acids is 1. The van der Waals surface area contributed by atoms with Crippen LogP contribution in [0.3, 0.4) is 0 Å². The first kappa shape index (κ1) is 23.9. The van der Waals surface area contributed by atoms with Crippen LogP contribution < -0.4 is 0 Å². The van der Waals surface area contributed by atoms with Crippen molar-refractivity contribution in [2.75, 3.05) is 0 Å². The number of carboxylic acid groups (broad SMARTS) is 1. The van der Waals surface area contributed by atoms with Crippen molar-refractivity contribution in [2.45, 2.75) is 95.9 Å². The number of hydrogen-bond donors (Lipinski definition) is 4. The molecule has 5 nitrogen and oxygen atoms in total. The summed E-state index contributed by atoms with van der Waals surface area (Å²) >= 11 is 0. The first-order valence-electron chi connectivity index (χ1n) is 10.5. The molecule has 1 aliphatic rings. The molecular weight excluding hydrogens is 344 g/mol. The van der Waals surface area contributed by atoms with Gasteiger partial charge in [-0.1, -0.05) is 56.9 Å². The zero-order valence-electron chi connectivity index (χ0n) is 16.7. The number of aliphatic hydroxyl groups is 3. The van der Waals surface area contributed by atoms with Gasteiger partial charge >= 0.3 is 5.97 Å². The molecule has 0 amide bonds. The standard InChI is InChI=1S/C22H38O5/c1-2-3-4-5-6-8-11-17(23)14-15-19-18(20(24)16-21(19)25)12-9-7-10-13-22(26)27/h6,8,14-15,17-21,23-25H,2-5,7,9-13,16H2,1H3,(H,26,27)/b8-6-,15-14+/t17-,18-,19-,20-,21+/m1/s1. The molecule has 0 spiro atoms. The van der Waals surface area contributed by atoms with Gasteiger partial charge in [-0.05, 0) is 38.0 Å². The van der Waals surface area contributed by atoms with Gasteiger partial charge in [0.25, 0.3) is 0 Å². The van der Waals surface area contributed by atoms with Crippen molar-refractivity contribution < 1.29 is 25.2 Å². The van der Waals surface area contributed by atoms with Crippen molar-refractivity contribution in [1.82, 2.24) is 0 Å². The van der Waals surface area contributed by atoms with E-state index in [4.69, 9.17) is 5.11 Å². The third kappa shape index (κ3) is 10.1. The molecule has 1 aliphatic carbocycles. The highest BCUT2D eigenvalue weighted by Gasteiger charge is 2.39. The summed E-state index contributed by atoms with van der Waals surface area (Å²) in [5.74, 6) is -0.957. The van der Waals surface area contributed by atoms with E-state index in [9.17, 15) is 20.1 Å². The summed E-state index contributed by atoms with van der Waals surface area (Å²) in [4.78, 5) is 10.5. The molecule has 156 valence electrons. The predicted octanol–water partition coefficient (Wildman–Crippen LogP) is 3.82. The number of carbonyl (C=O) groups is 1. The minimum atomic E-state index is -0.777. The highest BCUT2D eigenvalue weighted by Crippen LogP contribution is 2.37. The Labute approximate surface area is 163 Å². The van der Waals surface area contributed by atoms with E-state index < -0.39 is 24.3 Å². The fraction of sp³-hybridized carbons (Fsp3) is 0.773. The summed E-state index contributed by atoms with van der Waals surface area (Å²) in [6.07, 6.45) is 14.8. The van der Waals surface area contributed by atoms with E-state index in [-0.39, 0.29) is 18.3 Å². The van der Waals surface area contributed by atoms with E-state index in [1.165, 1.54) is 19.3 Å². The van der Waals surface area contributed by atoms with Crippen molar-refractivity contribution in [2.24, 2.45) is 11.8 Å². The summed E-state index contributed by atoms with van der Waals surface area (Å²) in [6.45, 7) is 2.18. The molecule has 0 bridgehead atoms. The Morgan fingerprint density at radius 1 is 1.07 bits per heavy atom. The van der Waals surface area contributed by atoms with Crippen LogP contribution in [0, 0.1) is 11.8 Å². The molecule has 0 aliphatic heterocycles. The minimum Gasteiger partial charge on any atom is -0.481 e. The van der Waals surface area contributed by atoms with Crippen LogP contribution in [0.2, 0.25) is 0 Å². The minimum absolute atomic E-state index is 0.0298. The van der Waals surface area contributed by atoms with Crippen molar-refractivity contribution in [3.63, 3.8) is 0 Å². The van der Waals surface area contributed by atoms with Gasteiger partial charge in [0.1, 0.15) is 0 Å². The topological polar surface area (TPSA) is 98.0 Å². The zero-order chi connectivity index (χ0) is 20.1. The Morgan fingerprint density at radius 2 is 1.85 bits per heavy atom. The third-order valence-corrected chi connectivity index (χ3v) is 5.42. The molecule has 0 heterocycles. The summed E-state index contributed by atoms with van der Waals surface area (Å²) in [5.41, 5.74) is 0. The summed E-state index contributed by atoms with van der Waals surface area (Å²) < 4.78 is 0. The van der Waals surface area contributed by atoms with Gasteiger partial charge in [0.05, 0.1) is 18.3 Å². The number of aliphatic carboxylic acids is 1. The average molecular weight is 383 g/mol. The van der Waals surface area contributed by atoms with Gasteiger partial charge in [0, 0.05) is 18.8 Å². The van der Waals surface area contributed by atoms with E-state index in [2.05, 4.69) is 13.0 Å². The van der Waals surface area contributed by atoms with Crippen LogP contribution >= 0.6 is 0 Å². The third-order valence-electron chi connectivity index (χ3n) is 5.42. The van der Waals surface area contributed by atoms with Gasteiger partial charge in [-0.3, -0.25) is 4.79 Å². The molecule has 5 atom stereocenters. The molecule has 1 saturated carbocycles. The molecule has 27 heavy (non-hydrogen) atoms. The van der Waals surface area contributed by atoms with E-state index in [1.807, 2.05) is 12.2 Å². The number of unbranched alkanes of at least 4 members (excludes halogenated alkanes) is 5. The lowest BCUT2D eigenvalue weighted by atomic mass is 9.88. The maximum absolute atomic E-state index is 10.5. The van der Waals surface area contributed by atoms with Gasteiger partial charge in [0.2, 0.25) is 0 Å². The maximum atomic E-state index is 10.5. The van der Waals surface area contributed by atoms with E-state index in [0.29, 0.717) is 19.3 Å². The van der Waals surface area contributed by atoms with Crippen LogP contribution in [0.15, 0.2) is 24.3 Å². The highest BCUT2D eigenvalue weighted by atomic mass is 16.4. The Morgan fingerprint density at radius 3 is 2.56 bits per heavy atom. The lowest BCUT2D eigenvalue weighted by molar-refractivity contribution is -0.137. The average Bonchev–Trinajstić information content (AvgIpc) is 2.88. The smallest absolute Gasteiger partial charge is 0.303 e. The molecule has 0 aromatic rings. The van der Waals surface area contributed by atoms with Crippen molar-refractivity contribution in [1.29, 1.82) is 0 Å². The van der Waals surface area contributed by atoms with Gasteiger partial charge in [-0.25, -0.2) is 0 Å². The highest BCUT2D eigenvalue weighted by molar-refractivity contribution is 5.66. The van der Waals surface area contributed by atoms with Gasteiger partial charge < -0.3 is 20.4 Å². The largest absolute Gasteiger partial charge is 0.481 e. The first-order valence-corrected chi connectivity index (χ1v) is 10.5. The van der Waals surface area contributed by atoms with Gasteiger partial charge in [0.15, 0.2) is 0 Å². The molecule has 1 rings (SSSR count). The fourth-order valence-corrected chi connectivity index (χ4v) is 3.81.